The molecule has 1 heterocycles. The van der Waals surface area contributed by atoms with E-state index in [0.29, 0.717) is 22.9 Å². The summed E-state index contributed by atoms with van der Waals surface area (Å²) in [6.07, 6.45) is 4.09. The molecule has 5 nitrogen and oxygen atoms in total. The molecule has 0 spiro atoms. The lowest BCUT2D eigenvalue weighted by molar-refractivity contribution is -0.120. The smallest absolute Gasteiger partial charge is 0.224 e. The zero-order valence-corrected chi connectivity index (χ0v) is 20.5. The van der Waals surface area contributed by atoms with Gasteiger partial charge in [-0.2, -0.15) is 0 Å². The van der Waals surface area contributed by atoms with Crippen LogP contribution in [0.4, 0.5) is 4.39 Å². The Balaban J connectivity index is 1.69. The molecule has 3 aromatic rings. The van der Waals surface area contributed by atoms with Crippen LogP contribution in [0.1, 0.15) is 35.7 Å². The molecule has 34 heavy (non-hydrogen) atoms. The van der Waals surface area contributed by atoms with E-state index in [0.717, 1.165) is 39.1 Å². The van der Waals surface area contributed by atoms with Gasteiger partial charge in [-0.1, -0.05) is 6.07 Å². The van der Waals surface area contributed by atoms with Crippen molar-refractivity contribution in [1.82, 2.24) is 9.88 Å². The van der Waals surface area contributed by atoms with Crippen molar-refractivity contribution >= 4 is 35.8 Å². The van der Waals surface area contributed by atoms with Crippen molar-refractivity contribution in [2.45, 2.75) is 24.8 Å². The molecular weight excluding hydrogens is 451 g/mol. The van der Waals surface area contributed by atoms with Crippen LogP contribution in [0, 0.1) is 5.82 Å². The number of aryl methyl sites for hydroxylation is 1. The van der Waals surface area contributed by atoms with Crippen molar-refractivity contribution in [2.75, 3.05) is 14.2 Å². The van der Waals surface area contributed by atoms with E-state index in [1.54, 1.807) is 20.3 Å². The van der Waals surface area contributed by atoms with Gasteiger partial charge in [0, 0.05) is 18.9 Å². The summed E-state index contributed by atoms with van der Waals surface area (Å²) in [6, 6.07) is 12.3. The monoisotopic (exact) mass is 478 g/mol. The highest BCUT2D eigenvalue weighted by Crippen LogP contribution is 2.44. The number of rotatable bonds is 7. The van der Waals surface area contributed by atoms with E-state index in [1.165, 1.54) is 12.1 Å². The maximum absolute atomic E-state index is 14.2. The number of nitrogens with zero attached hydrogens (tertiary/aromatic N) is 1. The van der Waals surface area contributed by atoms with Crippen LogP contribution in [0.5, 0.6) is 11.5 Å². The number of carbonyl (C=O) groups is 1. The van der Waals surface area contributed by atoms with Gasteiger partial charge >= 0.3 is 0 Å². The Bertz CT molecular complexity index is 1300. The molecule has 0 bridgehead atoms. The normalized spacial score (nSPS) is 13.9. The molecule has 0 unspecified atom stereocenters. The molecule has 1 N–H and O–H groups in total. The topological polar surface area (TPSA) is 52.5 Å². The molecule has 0 atom stereocenters. The Morgan fingerprint density at radius 2 is 1.82 bits per heavy atom. The molecule has 1 aliphatic carbocycles. The lowest BCUT2D eigenvalue weighted by Crippen LogP contribution is -2.23. The van der Waals surface area contributed by atoms with Gasteiger partial charge in [0.15, 0.2) is 0 Å². The highest BCUT2D eigenvalue weighted by atomic mass is 32.1. The zero-order chi connectivity index (χ0) is 24.4. The number of benzene rings is 2. The van der Waals surface area contributed by atoms with Crippen molar-refractivity contribution in [3.8, 4) is 11.5 Å². The van der Waals surface area contributed by atoms with Crippen LogP contribution in [-0.2, 0) is 18.4 Å². The number of amides is 1. The minimum Gasteiger partial charge on any atom is -0.495 e. The van der Waals surface area contributed by atoms with Crippen LogP contribution in [0.15, 0.2) is 59.1 Å². The molecule has 0 saturated heterocycles. The molecule has 0 fully saturated rings. The van der Waals surface area contributed by atoms with Crippen LogP contribution in [-0.4, -0.2) is 24.7 Å². The fourth-order valence-electron chi connectivity index (χ4n) is 4.24. The third-order valence-corrected chi connectivity index (χ3v) is 6.56. The van der Waals surface area contributed by atoms with Crippen molar-refractivity contribution in [1.29, 1.82) is 0 Å². The number of fused-ring (bicyclic) bond motifs is 1. The summed E-state index contributed by atoms with van der Waals surface area (Å²) in [5.41, 5.74) is 6.16. The maximum Gasteiger partial charge on any atom is 0.224 e. The lowest BCUT2D eigenvalue weighted by atomic mass is 10.0. The summed E-state index contributed by atoms with van der Waals surface area (Å²) in [7, 11) is 5.10. The Labute approximate surface area is 204 Å². The van der Waals surface area contributed by atoms with E-state index in [4.69, 9.17) is 9.47 Å². The first-order valence-electron chi connectivity index (χ1n) is 10.9. The van der Waals surface area contributed by atoms with Gasteiger partial charge in [0.1, 0.15) is 17.3 Å². The minimum absolute atomic E-state index is 0.116. The fraction of sp³-hybridized carbons (Fsp3) is 0.222. The molecule has 176 valence electrons. The largest absolute Gasteiger partial charge is 0.495 e. The quantitative estimate of drug-likeness (QED) is 0.441. The second kappa shape index (κ2) is 9.81. The van der Waals surface area contributed by atoms with Crippen LogP contribution < -0.4 is 14.8 Å². The van der Waals surface area contributed by atoms with Gasteiger partial charge < -0.3 is 19.4 Å². The summed E-state index contributed by atoms with van der Waals surface area (Å²) < 4.78 is 27.0. The number of ether oxygens (including phenoxy) is 2. The van der Waals surface area contributed by atoms with Gasteiger partial charge in [-0.15, -0.1) is 12.6 Å². The number of hydrogen-bond donors (Lipinski definition) is 2. The molecule has 0 aliphatic heterocycles. The molecule has 2 aromatic carbocycles. The van der Waals surface area contributed by atoms with Crippen LogP contribution in [0.25, 0.3) is 17.2 Å². The Hall–Kier alpha value is -3.45. The average molecular weight is 479 g/mol. The number of allylic oxidation sites excluding steroid dienone is 2. The number of halogens is 1. The van der Waals surface area contributed by atoms with Gasteiger partial charge in [-0.05, 0) is 82.8 Å². The SMILES string of the molecule is COc1cc(C=C2C(C)=C(CC(=O)NCc3cccn3C)c3cc(F)ccc32)cc(OC)c1S. The van der Waals surface area contributed by atoms with E-state index < -0.39 is 0 Å². The predicted octanol–water partition coefficient (Wildman–Crippen LogP) is 5.50. The van der Waals surface area contributed by atoms with E-state index in [9.17, 15) is 9.18 Å². The number of thiol groups is 1. The van der Waals surface area contributed by atoms with Crippen molar-refractivity contribution < 1.29 is 18.7 Å². The van der Waals surface area contributed by atoms with Crippen LogP contribution >= 0.6 is 12.6 Å². The number of hydrogen-bond acceptors (Lipinski definition) is 4. The van der Waals surface area contributed by atoms with Crippen molar-refractivity contribution in [3.05, 3.63) is 82.4 Å². The number of aromatic nitrogens is 1. The van der Waals surface area contributed by atoms with Gasteiger partial charge in [-0.3, -0.25) is 4.79 Å². The summed E-state index contributed by atoms with van der Waals surface area (Å²) in [5.74, 6) is 0.731. The second-order valence-electron chi connectivity index (χ2n) is 8.19. The molecule has 7 heteroatoms. The summed E-state index contributed by atoms with van der Waals surface area (Å²) in [4.78, 5) is 13.4. The van der Waals surface area contributed by atoms with Gasteiger partial charge in [-0.25, -0.2) is 4.39 Å². The molecule has 1 aliphatic rings. The first-order valence-corrected chi connectivity index (χ1v) is 11.3. The number of methoxy groups -OCH3 is 2. The first kappa shape index (κ1) is 23.7. The van der Waals surface area contributed by atoms with Crippen LogP contribution in [0.2, 0.25) is 0 Å². The standard InChI is InChI=1S/C27H27FN2O3S/c1-16-21(10-17-11-24(32-3)27(34)25(12-17)33-4)20-8-7-18(28)13-23(20)22(16)14-26(31)29-15-19-6-5-9-30(19)2/h5-13,34H,14-15H2,1-4H3,(H,29,31). The summed E-state index contributed by atoms with van der Waals surface area (Å²) >= 11 is 4.47. The van der Waals surface area contributed by atoms with Crippen LogP contribution in [0.3, 0.4) is 0 Å². The summed E-state index contributed by atoms with van der Waals surface area (Å²) in [5, 5.41) is 2.97. The zero-order valence-electron chi connectivity index (χ0n) is 19.6. The Morgan fingerprint density at radius 3 is 2.44 bits per heavy atom. The third kappa shape index (κ3) is 4.61. The third-order valence-electron chi connectivity index (χ3n) is 6.12. The fourth-order valence-corrected chi connectivity index (χ4v) is 4.55. The van der Waals surface area contributed by atoms with Gasteiger partial charge in [0.05, 0.1) is 32.1 Å². The van der Waals surface area contributed by atoms with Gasteiger partial charge in [0.25, 0.3) is 0 Å². The predicted molar refractivity (Wildman–Crippen MR) is 136 cm³/mol. The average Bonchev–Trinajstić information content (AvgIpc) is 3.34. The highest BCUT2D eigenvalue weighted by molar-refractivity contribution is 7.80. The Kier molecular flexibility index (Phi) is 6.84. The molecular formula is C27H27FN2O3S. The maximum atomic E-state index is 14.2. The minimum atomic E-state index is -0.336. The van der Waals surface area contributed by atoms with Crippen molar-refractivity contribution in [2.24, 2.45) is 7.05 Å². The van der Waals surface area contributed by atoms with Crippen molar-refractivity contribution in [3.63, 3.8) is 0 Å². The van der Waals surface area contributed by atoms with E-state index in [2.05, 4.69) is 17.9 Å². The highest BCUT2D eigenvalue weighted by Gasteiger charge is 2.26. The second-order valence-corrected chi connectivity index (χ2v) is 8.64. The molecule has 0 radical (unpaired) electrons. The molecule has 1 aromatic heterocycles. The Morgan fingerprint density at radius 1 is 1.12 bits per heavy atom. The number of nitrogens with one attached hydrogen (secondary N) is 1. The molecule has 4 rings (SSSR count). The van der Waals surface area contributed by atoms with E-state index in [-0.39, 0.29) is 18.1 Å². The van der Waals surface area contributed by atoms with Gasteiger partial charge in [0.2, 0.25) is 5.91 Å². The molecule has 0 saturated carbocycles. The van der Waals surface area contributed by atoms with E-state index >= 15 is 0 Å². The summed E-state index contributed by atoms with van der Waals surface area (Å²) in [6.45, 7) is 2.40. The first-order chi connectivity index (χ1) is 16.3. The number of carbonyl (C=O) groups excluding carboxylic acids is 1. The lowest BCUT2D eigenvalue weighted by Gasteiger charge is -2.11. The van der Waals surface area contributed by atoms with E-state index in [1.807, 2.05) is 55.1 Å². The molecule has 1 amide bonds.